The van der Waals surface area contributed by atoms with Crippen LogP contribution >= 0.6 is 0 Å². The standard InChI is InChI=1S/C14H24N4/c1-6-13-11(3)17-18(12(13)4)9-8-14(5,10-15)16-7-2/h16H,6-9H2,1-5H3. The summed E-state index contributed by atoms with van der Waals surface area (Å²) in [6.45, 7) is 11.9. The Morgan fingerprint density at radius 1 is 1.39 bits per heavy atom. The molecule has 1 heterocycles. The third-order valence-corrected chi connectivity index (χ3v) is 3.52. The molecular formula is C14H24N4. The van der Waals surface area contributed by atoms with E-state index < -0.39 is 5.54 Å². The van der Waals surface area contributed by atoms with Crippen molar-refractivity contribution in [1.29, 1.82) is 5.26 Å². The lowest BCUT2D eigenvalue weighted by Gasteiger charge is -2.22. The minimum Gasteiger partial charge on any atom is -0.300 e. The van der Waals surface area contributed by atoms with Crippen LogP contribution in [0.5, 0.6) is 0 Å². The van der Waals surface area contributed by atoms with Gasteiger partial charge in [0.15, 0.2) is 0 Å². The Hall–Kier alpha value is -1.34. The topological polar surface area (TPSA) is 53.6 Å². The Balaban J connectivity index is 2.78. The first-order valence-corrected chi connectivity index (χ1v) is 6.66. The van der Waals surface area contributed by atoms with E-state index in [0.717, 1.165) is 31.6 Å². The molecule has 0 aliphatic heterocycles. The number of nitrogens with zero attached hydrogens (tertiary/aromatic N) is 3. The van der Waals surface area contributed by atoms with Crippen molar-refractivity contribution in [3.05, 3.63) is 17.0 Å². The van der Waals surface area contributed by atoms with E-state index in [4.69, 9.17) is 0 Å². The lowest BCUT2D eigenvalue weighted by molar-refractivity contribution is 0.387. The first-order chi connectivity index (χ1) is 8.47. The lowest BCUT2D eigenvalue weighted by atomic mass is 10.00. The second kappa shape index (κ2) is 6.01. The monoisotopic (exact) mass is 248 g/mol. The molecule has 0 saturated carbocycles. The Morgan fingerprint density at radius 3 is 2.50 bits per heavy atom. The molecule has 0 aliphatic carbocycles. The molecule has 0 radical (unpaired) electrons. The molecule has 100 valence electrons. The van der Waals surface area contributed by atoms with E-state index in [1.165, 1.54) is 11.3 Å². The van der Waals surface area contributed by atoms with E-state index in [1.54, 1.807) is 0 Å². The summed E-state index contributed by atoms with van der Waals surface area (Å²) in [5.41, 5.74) is 3.20. The number of nitriles is 1. The Morgan fingerprint density at radius 2 is 2.06 bits per heavy atom. The van der Waals surface area contributed by atoms with Gasteiger partial charge in [-0.05, 0) is 45.7 Å². The van der Waals surface area contributed by atoms with Gasteiger partial charge in [-0.2, -0.15) is 10.4 Å². The molecular weight excluding hydrogens is 224 g/mol. The average molecular weight is 248 g/mol. The average Bonchev–Trinajstić information content (AvgIpc) is 2.62. The number of aryl methyl sites for hydroxylation is 2. The second-order valence-corrected chi connectivity index (χ2v) is 4.95. The summed E-state index contributed by atoms with van der Waals surface area (Å²) < 4.78 is 2.03. The van der Waals surface area contributed by atoms with E-state index in [0.29, 0.717) is 0 Å². The zero-order chi connectivity index (χ0) is 13.8. The van der Waals surface area contributed by atoms with Gasteiger partial charge in [-0.15, -0.1) is 0 Å². The predicted molar refractivity (Wildman–Crippen MR) is 73.4 cm³/mol. The van der Waals surface area contributed by atoms with Crippen LogP contribution < -0.4 is 5.32 Å². The highest BCUT2D eigenvalue weighted by Crippen LogP contribution is 2.16. The van der Waals surface area contributed by atoms with E-state index in [2.05, 4.69) is 37.3 Å². The third kappa shape index (κ3) is 3.11. The zero-order valence-corrected chi connectivity index (χ0v) is 12.2. The molecule has 1 rings (SSSR count). The number of rotatable bonds is 6. The number of hydrogen-bond donors (Lipinski definition) is 1. The van der Waals surface area contributed by atoms with Crippen molar-refractivity contribution in [3.8, 4) is 6.07 Å². The second-order valence-electron chi connectivity index (χ2n) is 4.95. The molecule has 0 bridgehead atoms. The van der Waals surface area contributed by atoms with Crippen molar-refractivity contribution in [2.75, 3.05) is 6.54 Å². The maximum Gasteiger partial charge on any atom is 0.105 e. The molecule has 0 saturated heterocycles. The van der Waals surface area contributed by atoms with E-state index in [-0.39, 0.29) is 0 Å². The Bertz CT molecular complexity index is 441. The molecule has 1 aromatic heterocycles. The van der Waals surface area contributed by atoms with Gasteiger partial charge in [-0.1, -0.05) is 13.8 Å². The molecule has 0 fully saturated rings. The number of nitrogens with one attached hydrogen (secondary N) is 1. The molecule has 4 heteroatoms. The van der Waals surface area contributed by atoms with Crippen LogP contribution in [-0.2, 0) is 13.0 Å². The van der Waals surface area contributed by atoms with Gasteiger partial charge >= 0.3 is 0 Å². The van der Waals surface area contributed by atoms with Crippen molar-refractivity contribution in [3.63, 3.8) is 0 Å². The van der Waals surface area contributed by atoms with E-state index in [1.807, 2.05) is 18.5 Å². The van der Waals surface area contributed by atoms with Gasteiger partial charge in [0.1, 0.15) is 5.54 Å². The summed E-state index contributed by atoms with van der Waals surface area (Å²) in [4.78, 5) is 0. The Labute approximate surface area is 110 Å². The van der Waals surface area contributed by atoms with Crippen LogP contribution in [0.15, 0.2) is 0 Å². The normalized spacial score (nSPS) is 14.2. The quantitative estimate of drug-likeness (QED) is 0.840. The molecule has 0 aliphatic rings. The smallest absolute Gasteiger partial charge is 0.105 e. The highest BCUT2D eigenvalue weighted by atomic mass is 15.3. The largest absolute Gasteiger partial charge is 0.300 e. The summed E-state index contributed by atoms with van der Waals surface area (Å²) >= 11 is 0. The van der Waals surface area contributed by atoms with Crippen LogP contribution in [0.25, 0.3) is 0 Å². The third-order valence-electron chi connectivity index (χ3n) is 3.52. The highest BCUT2D eigenvalue weighted by molar-refractivity contribution is 5.24. The molecule has 0 spiro atoms. The Kier molecular flexibility index (Phi) is 4.92. The van der Waals surface area contributed by atoms with Gasteiger partial charge in [0, 0.05) is 12.2 Å². The SMILES string of the molecule is CCNC(C)(C#N)CCn1nc(C)c(CC)c1C. The van der Waals surface area contributed by atoms with Crippen molar-refractivity contribution in [2.24, 2.45) is 0 Å². The molecule has 1 unspecified atom stereocenters. The van der Waals surface area contributed by atoms with Gasteiger partial charge < -0.3 is 0 Å². The van der Waals surface area contributed by atoms with Crippen LogP contribution in [0.1, 0.15) is 44.1 Å². The highest BCUT2D eigenvalue weighted by Gasteiger charge is 2.22. The molecule has 0 amide bonds. The summed E-state index contributed by atoms with van der Waals surface area (Å²) in [6.07, 6.45) is 1.78. The maximum absolute atomic E-state index is 9.23. The van der Waals surface area contributed by atoms with Gasteiger partial charge in [0.05, 0.1) is 11.8 Å². The minimum atomic E-state index is -0.465. The van der Waals surface area contributed by atoms with Crippen LogP contribution in [0.4, 0.5) is 0 Å². The number of aromatic nitrogens is 2. The van der Waals surface area contributed by atoms with Crippen molar-refractivity contribution >= 4 is 0 Å². The predicted octanol–water partition coefficient (Wildman–Crippen LogP) is 2.34. The van der Waals surface area contributed by atoms with Crippen LogP contribution in [0.2, 0.25) is 0 Å². The zero-order valence-electron chi connectivity index (χ0n) is 12.2. The van der Waals surface area contributed by atoms with Crippen molar-refractivity contribution in [1.82, 2.24) is 15.1 Å². The first-order valence-electron chi connectivity index (χ1n) is 6.66. The van der Waals surface area contributed by atoms with E-state index >= 15 is 0 Å². The van der Waals surface area contributed by atoms with Crippen molar-refractivity contribution in [2.45, 2.75) is 59.5 Å². The van der Waals surface area contributed by atoms with Gasteiger partial charge in [-0.3, -0.25) is 10.00 Å². The minimum absolute atomic E-state index is 0.465. The summed E-state index contributed by atoms with van der Waals surface area (Å²) in [7, 11) is 0. The molecule has 0 aromatic carbocycles. The van der Waals surface area contributed by atoms with Crippen molar-refractivity contribution < 1.29 is 0 Å². The van der Waals surface area contributed by atoms with Gasteiger partial charge in [-0.25, -0.2) is 0 Å². The molecule has 1 atom stereocenters. The fourth-order valence-electron chi connectivity index (χ4n) is 2.37. The van der Waals surface area contributed by atoms with Gasteiger partial charge in [0.2, 0.25) is 0 Å². The molecule has 4 nitrogen and oxygen atoms in total. The summed E-state index contributed by atoms with van der Waals surface area (Å²) in [5, 5.41) is 17.0. The van der Waals surface area contributed by atoms with Crippen LogP contribution in [0.3, 0.4) is 0 Å². The number of hydrogen-bond acceptors (Lipinski definition) is 3. The molecule has 1 N–H and O–H groups in total. The van der Waals surface area contributed by atoms with E-state index in [9.17, 15) is 5.26 Å². The lowest BCUT2D eigenvalue weighted by Crippen LogP contribution is -2.41. The maximum atomic E-state index is 9.23. The molecule has 18 heavy (non-hydrogen) atoms. The van der Waals surface area contributed by atoms with Gasteiger partial charge in [0.25, 0.3) is 0 Å². The van der Waals surface area contributed by atoms with Crippen LogP contribution in [0, 0.1) is 25.2 Å². The summed E-state index contributed by atoms with van der Waals surface area (Å²) in [6, 6.07) is 2.35. The summed E-state index contributed by atoms with van der Waals surface area (Å²) in [5.74, 6) is 0. The van der Waals surface area contributed by atoms with Crippen LogP contribution in [-0.4, -0.2) is 21.9 Å². The first kappa shape index (κ1) is 14.7. The fraction of sp³-hybridized carbons (Fsp3) is 0.714. The molecule has 1 aromatic rings. The fourth-order valence-corrected chi connectivity index (χ4v) is 2.37.